The van der Waals surface area contributed by atoms with Crippen LogP contribution in [0.25, 0.3) is 11.0 Å². The summed E-state index contributed by atoms with van der Waals surface area (Å²) in [6.07, 6.45) is 13.0. The van der Waals surface area contributed by atoms with E-state index < -0.39 is 17.6 Å². The van der Waals surface area contributed by atoms with E-state index in [1.165, 1.54) is 17.4 Å². The van der Waals surface area contributed by atoms with E-state index in [0.29, 0.717) is 78.7 Å². The van der Waals surface area contributed by atoms with Gasteiger partial charge in [-0.25, -0.2) is 9.97 Å². The predicted octanol–water partition coefficient (Wildman–Crippen LogP) is 5.58. The number of aliphatic hydroxyl groups is 1. The second kappa shape index (κ2) is 17.2. The number of rotatable bonds is 10. The first kappa shape index (κ1) is 42.6. The monoisotopic (exact) mass is 878 g/mol. The van der Waals surface area contributed by atoms with Crippen molar-refractivity contribution in [1.29, 1.82) is 0 Å². The lowest BCUT2D eigenvalue weighted by molar-refractivity contribution is -0.136. The number of benzene rings is 1. The Morgan fingerprint density at radius 2 is 1.68 bits per heavy atom. The molecule has 0 bridgehead atoms. The third-order valence-corrected chi connectivity index (χ3v) is 14.5. The van der Waals surface area contributed by atoms with Gasteiger partial charge in [0.05, 0.1) is 28.7 Å². The lowest BCUT2D eigenvalue weighted by Crippen LogP contribution is -2.52. The van der Waals surface area contributed by atoms with E-state index in [0.717, 1.165) is 74.1 Å². The molecule has 1 aromatic carbocycles. The third-order valence-electron chi connectivity index (χ3n) is 14.5. The van der Waals surface area contributed by atoms with Crippen LogP contribution in [-0.2, 0) is 28.3 Å². The number of pyridine rings is 3. The van der Waals surface area contributed by atoms with Crippen molar-refractivity contribution in [3.8, 4) is 0 Å². The molecule has 1 saturated carbocycles. The van der Waals surface area contributed by atoms with Gasteiger partial charge in [-0.1, -0.05) is 31.0 Å². The Morgan fingerprint density at radius 1 is 0.892 bits per heavy atom. The Bertz CT molecular complexity index is 2750. The van der Waals surface area contributed by atoms with Gasteiger partial charge in [0.15, 0.2) is 5.78 Å². The quantitative estimate of drug-likeness (QED) is 0.116. The lowest BCUT2D eigenvalue weighted by atomic mass is 9.83. The second-order valence-corrected chi connectivity index (χ2v) is 18.6. The highest BCUT2D eigenvalue weighted by Gasteiger charge is 2.41. The van der Waals surface area contributed by atoms with Gasteiger partial charge in [-0.2, -0.15) is 4.98 Å². The van der Waals surface area contributed by atoms with Gasteiger partial charge in [0.1, 0.15) is 17.5 Å². The fourth-order valence-corrected chi connectivity index (χ4v) is 10.8. The molecule has 8 heterocycles. The maximum Gasteiger partial charge on any atom is 0.263 e. The number of amides is 3. The summed E-state index contributed by atoms with van der Waals surface area (Å²) in [5.74, 6) is 0.138. The normalized spacial score (nSPS) is 20.7. The molecule has 3 amide bonds. The number of aromatic nitrogens is 5. The zero-order chi connectivity index (χ0) is 45.0. The highest BCUT2D eigenvalue weighted by atomic mass is 16.3. The Labute approximate surface area is 376 Å². The number of Topliss-reactive ketones (excluding diaryl/α,β-unsaturated/α-hetero) is 1. The fourth-order valence-electron chi connectivity index (χ4n) is 10.8. The van der Waals surface area contributed by atoms with Gasteiger partial charge >= 0.3 is 0 Å². The largest absolute Gasteiger partial charge is 0.385 e. The van der Waals surface area contributed by atoms with Crippen LogP contribution in [0.3, 0.4) is 0 Å². The maximum atomic E-state index is 13.6. The Balaban J connectivity index is 0.712. The molecule has 10 rings (SSSR count). The molecule has 16 heteroatoms. The number of carbonyl (C=O) groups excluding carboxylic acids is 4. The molecule has 1 atom stereocenters. The number of hydrogen-bond donors (Lipinski definition) is 3. The van der Waals surface area contributed by atoms with Crippen molar-refractivity contribution >= 4 is 52.0 Å². The highest BCUT2D eigenvalue weighted by Crippen LogP contribution is 2.38. The van der Waals surface area contributed by atoms with E-state index in [9.17, 15) is 29.1 Å². The van der Waals surface area contributed by atoms with Gasteiger partial charge in [-0.3, -0.25) is 43.7 Å². The van der Waals surface area contributed by atoms with Crippen molar-refractivity contribution in [2.75, 3.05) is 36.4 Å². The summed E-state index contributed by atoms with van der Waals surface area (Å²) in [4.78, 5) is 88.6. The van der Waals surface area contributed by atoms with Crippen LogP contribution in [0.2, 0.25) is 0 Å². The number of piperidine rings is 3. The average Bonchev–Trinajstić information content (AvgIpc) is 3.95. The summed E-state index contributed by atoms with van der Waals surface area (Å²) >= 11 is 0. The third kappa shape index (κ3) is 8.18. The van der Waals surface area contributed by atoms with Crippen LogP contribution in [0.15, 0.2) is 65.8 Å². The first-order chi connectivity index (χ1) is 31.4. The van der Waals surface area contributed by atoms with E-state index in [4.69, 9.17) is 15.0 Å². The summed E-state index contributed by atoms with van der Waals surface area (Å²) in [5, 5.41) is 18.1. The van der Waals surface area contributed by atoms with Crippen LogP contribution < -0.4 is 21.1 Å². The summed E-state index contributed by atoms with van der Waals surface area (Å²) < 4.78 is 1.72. The highest BCUT2D eigenvalue weighted by molar-refractivity contribution is 6.05. The number of carbonyl (C=O) groups is 4. The number of nitrogens with zero attached hydrogens (tertiary/aromatic N) is 8. The Morgan fingerprint density at radius 3 is 2.37 bits per heavy atom. The van der Waals surface area contributed by atoms with Crippen molar-refractivity contribution in [3.63, 3.8) is 0 Å². The number of nitrogens with one attached hydrogen (secondary N) is 2. The van der Waals surface area contributed by atoms with Crippen LogP contribution in [0.5, 0.6) is 0 Å². The van der Waals surface area contributed by atoms with Crippen LogP contribution in [0.1, 0.15) is 132 Å². The van der Waals surface area contributed by atoms with Crippen molar-refractivity contribution in [1.82, 2.24) is 39.6 Å². The fraction of sp³-hybridized carbons (Fsp3) is 0.449. The molecule has 3 N–H and O–H groups in total. The van der Waals surface area contributed by atoms with Gasteiger partial charge in [0.25, 0.3) is 11.5 Å². The minimum absolute atomic E-state index is 0.00809. The van der Waals surface area contributed by atoms with Crippen LogP contribution in [-0.4, -0.2) is 95.1 Å². The van der Waals surface area contributed by atoms with Crippen molar-refractivity contribution < 1.29 is 24.3 Å². The molecule has 0 radical (unpaired) electrons. The zero-order valence-electron chi connectivity index (χ0n) is 36.9. The standard InChI is InChI=1S/C49H54N10O6/c1-29-39-26-52-48(55-44(39)59(36-5-3-4-6-36)47(64)43(29)30(2)60)53-41-13-7-32(24-51-41)31-15-19-57(20-16-31)37-10-9-35(50-25-37)28-56-21-17-49(65,18-22-56)34-8-11-38-33(23-34)27-58(46(38)63)40-12-14-42(61)54-45(40)62/h7-11,13,23-26,31,36,40,65H,3-6,12,14-22,27-28H2,1-2H3,(H,54,61,62)(H,51,52,53,55). The summed E-state index contributed by atoms with van der Waals surface area (Å²) in [6, 6.07) is 13.2. The number of fused-ring (bicyclic) bond motifs is 2. The molecule has 16 nitrogen and oxygen atoms in total. The number of anilines is 3. The smallest absolute Gasteiger partial charge is 0.263 e. The van der Waals surface area contributed by atoms with Crippen LogP contribution in [0, 0.1) is 6.92 Å². The number of aryl methyl sites for hydroxylation is 1. The minimum atomic E-state index is -1.02. The number of imide groups is 1. The molecule has 336 valence electrons. The molecule has 5 aromatic rings. The van der Waals surface area contributed by atoms with Crippen molar-refractivity contribution in [2.45, 2.75) is 115 Å². The van der Waals surface area contributed by atoms with Gasteiger partial charge in [-0.15, -0.1) is 0 Å². The van der Waals surface area contributed by atoms with Crippen molar-refractivity contribution in [2.24, 2.45) is 0 Å². The molecule has 5 aliphatic rings. The molecule has 3 saturated heterocycles. The molecule has 4 aromatic heterocycles. The van der Waals surface area contributed by atoms with E-state index >= 15 is 0 Å². The SMILES string of the molecule is CC(=O)c1c(C)c2cnc(Nc3ccc(C4CCN(c5ccc(CN6CCC(O)(c7ccc8c(c7)CN(C7CCC(=O)NC7=O)C8=O)CC6)nc5)CC4)cn3)nc2n(C2CCCC2)c1=O. The average molecular weight is 879 g/mol. The van der Waals surface area contributed by atoms with E-state index in [1.807, 2.05) is 30.6 Å². The molecular weight excluding hydrogens is 825 g/mol. The van der Waals surface area contributed by atoms with Gasteiger partial charge in [0.2, 0.25) is 17.8 Å². The molecule has 1 aliphatic carbocycles. The molecule has 4 fully saturated rings. The van der Waals surface area contributed by atoms with Gasteiger partial charge in [-0.05, 0) is 111 Å². The van der Waals surface area contributed by atoms with E-state index in [-0.39, 0.29) is 47.7 Å². The number of likely N-dealkylation sites (tertiary alicyclic amines) is 1. The second-order valence-electron chi connectivity index (χ2n) is 18.6. The van der Waals surface area contributed by atoms with E-state index in [2.05, 4.69) is 43.6 Å². The predicted molar refractivity (Wildman–Crippen MR) is 243 cm³/mol. The summed E-state index contributed by atoms with van der Waals surface area (Å²) in [6.45, 7) is 7.40. The van der Waals surface area contributed by atoms with E-state index in [1.54, 1.807) is 23.8 Å². The van der Waals surface area contributed by atoms with Gasteiger partial charge < -0.3 is 20.2 Å². The topological polar surface area (TPSA) is 196 Å². The molecule has 4 aliphatic heterocycles. The maximum absolute atomic E-state index is 13.6. The molecular formula is C49H54N10O6. The molecule has 65 heavy (non-hydrogen) atoms. The number of hydrogen-bond acceptors (Lipinski definition) is 13. The summed E-state index contributed by atoms with van der Waals surface area (Å²) in [5.41, 5.74) is 5.48. The first-order valence-corrected chi connectivity index (χ1v) is 23.0. The molecule has 0 spiro atoms. The van der Waals surface area contributed by atoms with Crippen LogP contribution in [0.4, 0.5) is 17.5 Å². The Hall–Kier alpha value is -6.39. The van der Waals surface area contributed by atoms with Crippen LogP contribution >= 0.6 is 0 Å². The lowest BCUT2D eigenvalue weighted by Gasteiger charge is -2.38. The zero-order valence-corrected chi connectivity index (χ0v) is 36.9. The Kier molecular flexibility index (Phi) is 11.3. The molecule has 1 unspecified atom stereocenters. The number of ketones is 1. The van der Waals surface area contributed by atoms with Gasteiger partial charge in [0, 0.05) is 75.1 Å². The summed E-state index contributed by atoms with van der Waals surface area (Å²) in [7, 11) is 0. The first-order valence-electron chi connectivity index (χ1n) is 23.0. The minimum Gasteiger partial charge on any atom is -0.385 e. The van der Waals surface area contributed by atoms with Crippen molar-refractivity contribution in [3.05, 3.63) is 110 Å².